The van der Waals surface area contributed by atoms with Gasteiger partial charge in [-0.25, -0.2) is 4.98 Å². The summed E-state index contributed by atoms with van der Waals surface area (Å²) in [6, 6.07) is 69.3. The summed E-state index contributed by atoms with van der Waals surface area (Å²) in [5.74, 6) is -0.0975. The van der Waals surface area contributed by atoms with Gasteiger partial charge >= 0.3 is 0 Å². The minimum absolute atomic E-state index is 0. The molecule has 4 nitrogen and oxygen atoms in total. The molecule has 2 heterocycles. The first kappa shape index (κ1) is 46.6. The molecule has 0 spiro atoms. The van der Waals surface area contributed by atoms with E-state index in [1.807, 2.05) is 50.4 Å². The second-order valence-electron chi connectivity index (χ2n) is 20.4. The first-order valence-electron chi connectivity index (χ1n) is 24.4. The van der Waals surface area contributed by atoms with Crippen molar-refractivity contribution < 1.29 is 27.5 Å². The summed E-state index contributed by atoms with van der Waals surface area (Å²) in [5, 5.41) is 11.6. The summed E-state index contributed by atoms with van der Waals surface area (Å²) in [4.78, 5) is 10.5. The largest absolute Gasteiger partial charge is 0.507 e. The second-order valence-corrected chi connectivity index (χ2v) is 20.4. The molecule has 0 aliphatic rings. The van der Waals surface area contributed by atoms with Crippen LogP contribution in [-0.2, 0) is 31.9 Å². The SMILES string of the molecule is [2H]C(C)(C)c1ccc(-n2c(-c3ccccc3O)nc3c(-c4[c-]c(-c5cc(-c6ccc(-c7ccccc7)cc6)ccn5)cc(-c5ccc(C(C)(C)C)cc5)c4)cccc32)c(-c2ccc(C(C)(C)C)cc2)c1.[Pt]. The van der Waals surface area contributed by atoms with Gasteiger partial charge in [0.25, 0.3) is 0 Å². The van der Waals surface area contributed by atoms with Gasteiger partial charge in [-0.05, 0) is 103 Å². The van der Waals surface area contributed by atoms with Crippen LogP contribution in [0.4, 0.5) is 0 Å². The Morgan fingerprint density at radius 2 is 1.07 bits per heavy atom. The molecule has 70 heavy (non-hydrogen) atoms. The predicted octanol–water partition coefficient (Wildman–Crippen LogP) is 17.3. The number of para-hydroxylation sites is 2. The Balaban J connectivity index is 0.00000624. The van der Waals surface area contributed by atoms with Crippen molar-refractivity contribution in [2.24, 2.45) is 0 Å². The summed E-state index contributed by atoms with van der Waals surface area (Å²) in [7, 11) is 0. The summed E-state index contributed by atoms with van der Waals surface area (Å²) in [6.07, 6.45) is 1.89. The molecule has 0 bridgehead atoms. The van der Waals surface area contributed by atoms with Crippen LogP contribution in [0.2, 0.25) is 0 Å². The normalized spacial score (nSPS) is 12.1. The number of pyridine rings is 1. The van der Waals surface area contributed by atoms with E-state index in [1.165, 1.54) is 22.3 Å². The van der Waals surface area contributed by atoms with Gasteiger partial charge in [0.15, 0.2) is 0 Å². The van der Waals surface area contributed by atoms with Gasteiger partial charge < -0.3 is 5.11 Å². The molecule has 0 radical (unpaired) electrons. The molecule has 0 aliphatic carbocycles. The minimum Gasteiger partial charge on any atom is -0.507 e. The molecule has 0 aliphatic heterocycles. The molecule has 0 saturated heterocycles. The van der Waals surface area contributed by atoms with E-state index in [-0.39, 0.29) is 37.6 Å². The van der Waals surface area contributed by atoms with Crippen LogP contribution in [0.5, 0.6) is 5.75 Å². The fraction of sp³-hybridized carbons (Fsp3) is 0.169. The molecule has 0 fully saturated rings. The average molecular weight is 1090 g/mol. The van der Waals surface area contributed by atoms with E-state index in [0.717, 1.165) is 78.0 Å². The maximum absolute atomic E-state index is 11.6. The van der Waals surface area contributed by atoms with Crippen LogP contribution >= 0.6 is 0 Å². The minimum atomic E-state index is -0.837. The Kier molecular flexibility index (Phi) is 12.9. The zero-order valence-electron chi connectivity index (χ0n) is 42.1. The number of fused-ring (bicyclic) bond motifs is 1. The van der Waals surface area contributed by atoms with Crippen molar-refractivity contribution in [2.45, 2.75) is 72.1 Å². The first-order valence-corrected chi connectivity index (χ1v) is 23.9. The van der Waals surface area contributed by atoms with Gasteiger partial charge in [0.2, 0.25) is 0 Å². The number of benzene rings is 8. The van der Waals surface area contributed by atoms with Crippen LogP contribution in [0.15, 0.2) is 194 Å². The van der Waals surface area contributed by atoms with Crippen molar-refractivity contribution in [1.29, 1.82) is 0 Å². The molecule has 350 valence electrons. The zero-order chi connectivity index (χ0) is 49.0. The molecule has 0 unspecified atom stereocenters. The van der Waals surface area contributed by atoms with E-state index in [4.69, 9.17) is 11.3 Å². The number of phenols is 1. The van der Waals surface area contributed by atoms with Gasteiger partial charge in [-0.2, -0.15) is 0 Å². The Hall–Kier alpha value is -7.13. The van der Waals surface area contributed by atoms with Gasteiger partial charge in [0, 0.05) is 39.9 Å². The third-order valence-corrected chi connectivity index (χ3v) is 13.3. The van der Waals surface area contributed by atoms with Crippen molar-refractivity contribution in [3.8, 4) is 89.7 Å². The summed E-state index contributed by atoms with van der Waals surface area (Å²) in [5.41, 5.74) is 18.6. The van der Waals surface area contributed by atoms with Crippen LogP contribution in [0, 0.1) is 6.07 Å². The molecule has 8 aromatic carbocycles. The van der Waals surface area contributed by atoms with Crippen LogP contribution in [0.25, 0.3) is 95.0 Å². The van der Waals surface area contributed by atoms with Gasteiger partial charge in [-0.1, -0.05) is 212 Å². The third kappa shape index (κ3) is 9.58. The van der Waals surface area contributed by atoms with E-state index in [0.29, 0.717) is 11.4 Å². The predicted molar refractivity (Wildman–Crippen MR) is 289 cm³/mol. The molecule has 5 heteroatoms. The summed E-state index contributed by atoms with van der Waals surface area (Å²) < 4.78 is 11.3. The zero-order valence-corrected chi connectivity index (χ0v) is 43.4. The molecule has 2 aromatic heterocycles. The Labute approximate surface area is 429 Å². The van der Waals surface area contributed by atoms with Crippen LogP contribution in [-0.4, -0.2) is 19.6 Å². The van der Waals surface area contributed by atoms with Gasteiger partial charge in [0.05, 0.1) is 22.3 Å². The van der Waals surface area contributed by atoms with Crippen molar-refractivity contribution >= 4 is 11.0 Å². The maximum atomic E-state index is 11.6. The van der Waals surface area contributed by atoms with E-state index in [1.54, 1.807) is 6.07 Å². The van der Waals surface area contributed by atoms with Crippen molar-refractivity contribution in [1.82, 2.24) is 14.5 Å². The number of phenolic OH excluding ortho intramolecular Hbond substituents is 1. The van der Waals surface area contributed by atoms with Crippen LogP contribution < -0.4 is 0 Å². The monoisotopic (exact) mass is 1090 g/mol. The molecule has 1 N–H and O–H groups in total. The molecule has 0 atom stereocenters. The van der Waals surface area contributed by atoms with Gasteiger partial charge in [0.1, 0.15) is 11.6 Å². The average Bonchev–Trinajstić information content (AvgIpc) is 3.75. The number of nitrogens with zero attached hydrogens (tertiary/aromatic N) is 3. The fourth-order valence-corrected chi connectivity index (χ4v) is 9.25. The molecular weight excluding hydrogens is 1030 g/mol. The smallest absolute Gasteiger partial charge is 0.148 e. The summed E-state index contributed by atoms with van der Waals surface area (Å²) >= 11 is 0. The van der Waals surface area contributed by atoms with Crippen molar-refractivity contribution in [3.05, 3.63) is 217 Å². The first-order chi connectivity index (χ1) is 33.5. The number of aromatic nitrogens is 3. The molecule has 0 amide bonds. The van der Waals surface area contributed by atoms with Gasteiger partial charge in [-0.3, -0.25) is 9.55 Å². The van der Waals surface area contributed by atoms with E-state index in [2.05, 4.69) is 204 Å². The maximum Gasteiger partial charge on any atom is 0.148 e. The number of hydrogen-bond donors (Lipinski definition) is 1. The van der Waals surface area contributed by atoms with E-state index in [9.17, 15) is 5.11 Å². The van der Waals surface area contributed by atoms with Crippen molar-refractivity contribution in [3.63, 3.8) is 0 Å². The van der Waals surface area contributed by atoms with E-state index < -0.39 is 5.89 Å². The van der Waals surface area contributed by atoms with Crippen LogP contribution in [0.1, 0.15) is 79.3 Å². The Morgan fingerprint density at radius 1 is 0.514 bits per heavy atom. The quantitative estimate of drug-likeness (QED) is 0.147. The van der Waals surface area contributed by atoms with Crippen LogP contribution in [0.3, 0.4) is 0 Å². The molecule has 10 rings (SSSR count). The Morgan fingerprint density at radius 3 is 1.71 bits per heavy atom. The number of hydrogen-bond acceptors (Lipinski definition) is 3. The number of aromatic hydroxyl groups is 1. The fourth-order valence-electron chi connectivity index (χ4n) is 9.25. The second kappa shape index (κ2) is 19.3. The number of rotatable bonds is 9. The Bertz CT molecular complexity index is 3520. The van der Waals surface area contributed by atoms with E-state index >= 15 is 0 Å². The molecular formula is C65H58N3OPt-. The number of imidazole rings is 1. The third-order valence-electron chi connectivity index (χ3n) is 13.3. The summed E-state index contributed by atoms with van der Waals surface area (Å²) in [6.45, 7) is 17.2. The van der Waals surface area contributed by atoms with Crippen molar-refractivity contribution in [2.75, 3.05) is 0 Å². The van der Waals surface area contributed by atoms with Gasteiger partial charge in [-0.15, -0.1) is 23.8 Å². The molecule has 0 saturated carbocycles. The molecule has 10 aromatic rings. The topological polar surface area (TPSA) is 50.9 Å². The standard InChI is InChI=1S/C65H58N3O.Pt/c1-42(2)48-29-34-59(57(40-48)47-27-32-54(33-28-47)65(6,7)8)68-60-19-14-18-55(62(60)67-63(68)56-17-12-13-20-61(56)69)51-37-50(46-25-30-53(31-26-46)64(3,4)5)38-52(39-51)58-41-49(35-36-66-58)45-23-21-44(22-24-45)43-15-10-9-11-16-43;/h9-38,40-42,69H,1-8H3;/q-1;/i42D;.